The van der Waals surface area contributed by atoms with Gasteiger partial charge in [-0.3, -0.25) is 4.84 Å². The van der Waals surface area contributed by atoms with Gasteiger partial charge in [0.2, 0.25) is 0 Å². The smallest absolute Gasteiger partial charge is 0.119 e. The highest BCUT2D eigenvalue weighted by molar-refractivity contribution is 5.42. The van der Waals surface area contributed by atoms with Gasteiger partial charge >= 0.3 is 0 Å². The van der Waals surface area contributed by atoms with Crippen molar-refractivity contribution in [3.8, 4) is 5.75 Å². The molecule has 4 rings (SSSR count). The van der Waals surface area contributed by atoms with E-state index >= 15 is 0 Å². The first-order chi connectivity index (χ1) is 16.7. The summed E-state index contributed by atoms with van der Waals surface area (Å²) in [6.45, 7) is 11.7. The monoisotopic (exact) mass is 471 g/mol. The molecular formula is C30H37N3O2. The van der Waals surface area contributed by atoms with Crippen molar-refractivity contribution in [2.75, 3.05) is 0 Å². The molecule has 0 N–H and O–H groups in total. The van der Waals surface area contributed by atoms with Crippen LogP contribution in [0.5, 0.6) is 5.75 Å². The molecule has 1 aliphatic rings. The SMILES string of the molecule is CC(ON1C(C)(C)CCCC1(C)C)c1ccc(COc2ccc(N=Nc3ccccc3)cc2)cc1. The highest BCUT2D eigenvalue weighted by Crippen LogP contribution is 2.40. The van der Waals surface area contributed by atoms with Crippen molar-refractivity contribution >= 4 is 11.4 Å². The molecule has 184 valence electrons. The lowest BCUT2D eigenvalue weighted by Crippen LogP contribution is -2.58. The van der Waals surface area contributed by atoms with Crippen molar-refractivity contribution in [2.24, 2.45) is 10.2 Å². The number of ether oxygens (including phenoxy) is 1. The summed E-state index contributed by atoms with van der Waals surface area (Å²) in [5.41, 5.74) is 3.97. The van der Waals surface area contributed by atoms with E-state index in [-0.39, 0.29) is 17.2 Å². The van der Waals surface area contributed by atoms with Crippen LogP contribution in [0.15, 0.2) is 89.1 Å². The summed E-state index contributed by atoms with van der Waals surface area (Å²) in [6, 6.07) is 25.9. The Morgan fingerprint density at radius 2 is 1.34 bits per heavy atom. The molecule has 3 aromatic rings. The van der Waals surface area contributed by atoms with Crippen molar-refractivity contribution < 1.29 is 9.57 Å². The van der Waals surface area contributed by atoms with Crippen LogP contribution in [0.1, 0.15) is 71.1 Å². The van der Waals surface area contributed by atoms with Crippen molar-refractivity contribution in [1.29, 1.82) is 0 Å². The summed E-state index contributed by atoms with van der Waals surface area (Å²) in [5.74, 6) is 0.805. The zero-order chi connectivity index (χ0) is 24.9. The topological polar surface area (TPSA) is 46.4 Å². The fourth-order valence-corrected chi connectivity index (χ4v) is 4.75. The number of rotatable bonds is 8. The maximum Gasteiger partial charge on any atom is 0.119 e. The first kappa shape index (κ1) is 25.1. The average molecular weight is 472 g/mol. The Morgan fingerprint density at radius 1 is 0.771 bits per heavy atom. The Bertz CT molecular complexity index is 1090. The number of nitrogens with zero attached hydrogens (tertiary/aromatic N) is 3. The second-order valence-electron chi connectivity index (χ2n) is 10.6. The summed E-state index contributed by atoms with van der Waals surface area (Å²) in [4.78, 5) is 6.52. The summed E-state index contributed by atoms with van der Waals surface area (Å²) >= 11 is 0. The van der Waals surface area contributed by atoms with Gasteiger partial charge in [0.15, 0.2) is 0 Å². The number of azo groups is 1. The van der Waals surface area contributed by atoms with Crippen LogP contribution in [0.2, 0.25) is 0 Å². The van der Waals surface area contributed by atoms with Gasteiger partial charge in [0.25, 0.3) is 0 Å². The first-order valence-electron chi connectivity index (χ1n) is 12.5. The Kier molecular flexibility index (Phi) is 7.68. The van der Waals surface area contributed by atoms with E-state index in [4.69, 9.17) is 9.57 Å². The van der Waals surface area contributed by atoms with Crippen molar-refractivity contribution in [3.63, 3.8) is 0 Å². The van der Waals surface area contributed by atoms with Crippen molar-refractivity contribution in [2.45, 2.75) is 77.7 Å². The van der Waals surface area contributed by atoms with Gasteiger partial charge in [-0.25, -0.2) is 0 Å². The van der Waals surface area contributed by atoms with Crippen LogP contribution in [0, 0.1) is 0 Å². The molecule has 1 unspecified atom stereocenters. The zero-order valence-corrected chi connectivity index (χ0v) is 21.6. The van der Waals surface area contributed by atoms with Crippen LogP contribution >= 0.6 is 0 Å². The lowest BCUT2D eigenvalue weighted by Gasteiger charge is -2.52. The molecule has 1 saturated heterocycles. The van der Waals surface area contributed by atoms with Crippen LogP contribution in [-0.2, 0) is 11.4 Å². The molecule has 35 heavy (non-hydrogen) atoms. The minimum absolute atomic E-state index is 0.0146. The Hall–Kier alpha value is -3.02. The summed E-state index contributed by atoms with van der Waals surface area (Å²) in [5, 5.41) is 10.8. The first-order valence-corrected chi connectivity index (χ1v) is 12.5. The van der Waals surface area contributed by atoms with Crippen LogP contribution in [0.25, 0.3) is 0 Å². The second kappa shape index (κ2) is 10.7. The standard InChI is InChI=1S/C30H37N3O2/c1-23(35-33-29(2,3)20-9-21-30(33,4)5)25-14-12-24(13-15-25)22-34-28-18-16-27(17-19-28)32-31-26-10-7-6-8-11-26/h6-8,10-19,23H,9,20-22H2,1-5H3. The molecule has 0 amide bonds. The molecule has 0 aliphatic carbocycles. The van der Waals surface area contributed by atoms with E-state index in [1.165, 1.54) is 12.0 Å². The van der Waals surface area contributed by atoms with Gasteiger partial charge in [-0.15, -0.1) is 0 Å². The predicted octanol–water partition coefficient (Wildman–Crippen LogP) is 8.72. The molecule has 0 aromatic heterocycles. The number of hydrogen-bond donors (Lipinski definition) is 0. The van der Waals surface area contributed by atoms with Crippen LogP contribution in [0.4, 0.5) is 11.4 Å². The van der Waals surface area contributed by atoms with E-state index in [1.54, 1.807) is 0 Å². The van der Waals surface area contributed by atoms with Crippen molar-refractivity contribution in [1.82, 2.24) is 5.06 Å². The summed E-state index contributed by atoms with van der Waals surface area (Å²) < 4.78 is 5.97. The number of benzene rings is 3. The van der Waals surface area contributed by atoms with Gasteiger partial charge in [0.1, 0.15) is 18.5 Å². The molecule has 0 radical (unpaired) electrons. The second-order valence-corrected chi connectivity index (χ2v) is 10.6. The van der Waals surface area contributed by atoms with E-state index < -0.39 is 0 Å². The zero-order valence-electron chi connectivity index (χ0n) is 21.6. The molecular weight excluding hydrogens is 434 g/mol. The molecule has 1 fully saturated rings. The van der Waals surface area contributed by atoms with Crippen LogP contribution < -0.4 is 4.74 Å². The highest BCUT2D eigenvalue weighted by Gasteiger charge is 2.43. The maximum atomic E-state index is 6.52. The van der Waals surface area contributed by atoms with Crippen LogP contribution in [-0.4, -0.2) is 16.1 Å². The molecule has 1 atom stereocenters. The van der Waals surface area contributed by atoms with E-state index in [1.807, 2.05) is 54.6 Å². The van der Waals surface area contributed by atoms with E-state index in [2.05, 4.69) is 74.2 Å². The van der Waals surface area contributed by atoms with Gasteiger partial charge in [-0.05, 0) is 101 Å². The van der Waals surface area contributed by atoms with E-state index in [9.17, 15) is 0 Å². The Morgan fingerprint density at radius 3 is 1.94 bits per heavy atom. The molecule has 1 aliphatic heterocycles. The quantitative estimate of drug-likeness (QED) is 0.309. The third-order valence-electron chi connectivity index (χ3n) is 6.67. The largest absolute Gasteiger partial charge is 0.489 e. The van der Waals surface area contributed by atoms with E-state index in [0.29, 0.717) is 6.61 Å². The molecule has 0 spiro atoms. The van der Waals surface area contributed by atoms with Gasteiger partial charge in [-0.1, -0.05) is 42.5 Å². The minimum Gasteiger partial charge on any atom is -0.489 e. The third-order valence-corrected chi connectivity index (χ3v) is 6.67. The highest BCUT2D eigenvalue weighted by atomic mass is 16.7. The fraction of sp³-hybridized carbons (Fsp3) is 0.400. The van der Waals surface area contributed by atoms with E-state index in [0.717, 1.165) is 35.5 Å². The minimum atomic E-state index is -0.0146. The number of piperidine rings is 1. The number of hydrogen-bond acceptors (Lipinski definition) is 5. The van der Waals surface area contributed by atoms with Crippen molar-refractivity contribution in [3.05, 3.63) is 90.0 Å². The Balaban J connectivity index is 1.31. The molecule has 5 heteroatoms. The normalized spacial score (nSPS) is 18.4. The van der Waals surface area contributed by atoms with Gasteiger partial charge in [0.05, 0.1) is 11.4 Å². The van der Waals surface area contributed by atoms with Gasteiger partial charge in [0, 0.05) is 11.1 Å². The molecule has 3 aromatic carbocycles. The van der Waals surface area contributed by atoms with Gasteiger partial charge < -0.3 is 4.74 Å². The third kappa shape index (κ3) is 6.56. The van der Waals surface area contributed by atoms with Crippen LogP contribution in [0.3, 0.4) is 0 Å². The predicted molar refractivity (Wildman–Crippen MR) is 141 cm³/mol. The maximum absolute atomic E-state index is 6.52. The molecule has 5 nitrogen and oxygen atoms in total. The fourth-order valence-electron chi connectivity index (χ4n) is 4.75. The summed E-state index contributed by atoms with van der Waals surface area (Å²) in [7, 11) is 0. The molecule has 0 saturated carbocycles. The van der Waals surface area contributed by atoms with Gasteiger partial charge in [-0.2, -0.15) is 15.3 Å². The summed E-state index contributed by atoms with van der Waals surface area (Å²) in [6.07, 6.45) is 3.52. The lowest BCUT2D eigenvalue weighted by molar-refractivity contribution is -0.304. The average Bonchev–Trinajstić information content (AvgIpc) is 2.85. The lowest BCUT2D eigenvalue weighted by atomic mass is 9.82. The number of hydroxylamine groups is 2. The Labute approximate surface area is 209 Å². The molecule has 0 bridgehead atoms. The molecule has 1 heterocycles.